The maximum atomic E-state index is 5.82. The molecule has 1 aliphatic rings. The second kappa shape index (κ2) is 6.01. The Bertz CT molecular complexity index is 585. The Labute approximate surface area is 119 Å². The zero-order valence-corrected chi connectivity index (χ0v) is 11.7. The molecule has 20 heavy (non-hydrogen) atoms. The van der Waals surface area contributed by atoms with Crippen LogP contribution in [0.25, 0.3) is 0 Å². The van der Waals surface area contributed by atoms with Crippen molar-refractivity contribution in [3.63, 3.8) is 0 Å². The van der Waals surface area contributed by atoms with E-state index in [-0.39, 0.29) is 5.92 Å². The number of ether oxygens (including phenoxy) is 1. The molecule has 0 spiro atoms. The van der Waals surface area contributed by atoms with E-state index in [4.69, 9.17) is 4.74 Å². The van der Waals surface area contributed by atoms with Crippen LogP contribution in [0.5, 0.6) is 5.75 Å². The van der Waals surface area contributed by atoms with E-state index in [0.29, 0.717) is 6.61 Å². The van der Waals surface area contributed by atoms with Gasteiger partial charge in [0.05, 0.1) is 18.2 Å². The maximum Gasteiger partial charge on any atom is 0.135 e. The topological polar surface area (TPSA) is 47.0 Å². The minimum absolute atomic E-state index is 0.242. The molecule has 1 N–H and O–H groups in total. The molecule has 1 aromatic carbocycles. The van der Waals surface area contributed by atoms with Gasteiger partial charge in [-0.15, -0.1) is 0 Å². The van der Waals surface area contributed by atoms with E-state index in [0.717, 1.165) is 36.8 Å². The minimum atomic E-state index is 0.242. The molecule has 0 amide bonds. The highest BCUT2D eigenvalue weighted by Gasteiger charge is 2.23. The van der Waals surface area contributed by atoms with E-state index in [2.05, 4.69) is 28.3 Å². The van der Waals surface area contributed by atoms with Gasteiger partial charge >= 0.3 is 0 Å². The number of nitrogens with one attached hydrogen (secondary N) is 1. The highest BCUT2D eigenvalue weighted by Crippen LogP contribution is 2.30. The van der Waals surface area contributed by atoms with Gasteiger partial charge in [0, 0.05) is 12.7 Å². The first-order valence-electron chi connectivity index (χ1n) is 7.10. The van der Waals surface area contributed by atoms with Crippen molar-refractivity contribution in [1.82, 2.24) is 15.3 Å². The average molecular weight is 269 g/mol. The van der Waals surface area contributed by atoms with Crippen LogP contribution in [0.1, 0.15) is 29.9 Å². The molecule has 0 saturated carbocycles. The van der Waals surface area contributed by atoms with Crippen LogP contribution in [-0.4, -0.2) is 23.1 Å². The van der Waals surface area contributed by atoms with Crippen molar-refractivity contribution in [2.24, 2.45) is 0 Å². The summed E-state index contributed by atoms with van der Waals surface area (Å²) >= 11 is 0. The van der Waals surface area contributed by atoms with Crippen LogP contribution >= 0.6 is 0 Å². The third-order valence-electron chi connectivity index (χ3n) is 3.53. The van der Waals surface area contributed by atoms with E-state index >= 15 is 0 Å². The van der Waals surface area contributed by atoms with Crippen LogP contribution < -0.4 is 10.1 Å². The molecule has 2 aromatic rings. The highest BCUT2D eigenvalue weighted by atomic mass is 16.5. The molecule has 0 bridgehead atoms. The van der Waals surface area contributed by atoms with Crippen LogP contribution in [0.4, 0.5) is 0 Å². The van der Waals surface area contributed by atoms with E-state index in [1.807, 2.05) is 30.5 Å². The largest absolute Gasteiger partial charge is 0.493 e. The number of fused-ring (bicyclic) bond motifs is 1. The van der Waals surface area contributed by atoms with E-state index in [9.17, 15) is 0 Å². The molecule has 0 aliphatic carbocycles. The summed E-state index contributed by atoms with van der Waals surface area (Å²) < 4.78 is 5.82. The Morgan fingerprint density at radius 1 is 1.30 bits per heavy atom. The van der Waals surface area contributed by atoms with Crippen molar-refractivity contribution in [2.45, 2.75) is 25.8 Å². The summed E-state index contributed by atoms with van der Waals surface area (Å²) in [5.74, 6) is 2.12. The van der Waals surface area contributed by atoms with Gasteiger partial charge in [0.25, 0.3) is 0 Å². The molecule has 0 saturated heterocycles. The third kappa shape index (κ3) is 2.80. The van der Waals surface area contributed by atoms with Crippen molar-refractivity contribution in [3.05, 3.63) is 53.6 Å². The molecular weight excluding hydrogens is 250 g/mol. The SMILES string of the molecule is CCNCc1ccnc(C2COc3ccccc3C2)n1. The van der Waals surface area contributed by atoms with Gasteiger partial charge in [-0.1, -0.05) is 25.1 Å². The van der Waals surface area contributed by atoms with Gasteiger partial charge in [-0.3, -0.25) is 0 Å². The molecule has 1 aromatic heterocycles. The van der Waals surface area contributed by atoms with Gasteiger partial charge in [-0.25, -0.2) is 9.97 Å². The average Bonchev–Trinajstić information content (AvgIpc) is 2.53. The Morgan fingerprint density at radius 3 is 3.10 bits per heavy atom. The fraction of sp³-hybridized carbons (Fsp3) is 0.375. The first kappa shape index (κ1) is 13.1. The molecule has 4 heteroatoms. The number of nitrogens with zero attached hydrogens (tertiary/aromatic N) is 2. The molecule has 0 radical (unpaired) electrons. The van der Waals surface area contributed by atoms with Crippen LogP contribution in [0.15, 0.2) is 36.5 Å². The van der Waals surface area contributed by atoms with Crippen molar-refractivity contribution >= 4 is 0 Å². The number of hydrogen-bond acceptors (Lipinski definition) is 4. The quantitative estimate of drug-likeness (QED) is 0.925. The molecule has 3 rings (SSSR count). The zero-order valence-electron chi connectivity index (χ0n) is 11.7. The molecule has 4 nitrogen and oxygen atoms in total. The van der Waals surface area contributed by atoms with E-state index in [1.54, 1.807) is 0 Å². The normalized spacial score (nSPS) is 17.4. The van der Waals surface area contributed by atoms with Crippen molar-refractivity contribution in [1.29, 1.82) is 0 Å². The second-order valence-electron chi connectivity index (χ2n) is 5.01. The predicted octanol–water partition coefficient (Wildman–Crippen LogP) is 2.30. The first-order chi connectivity index (χ1) is 9.86. The Morgan fingerprint density at radius 2 is 2.20 bits per heavy atom. The Kier molecular flexibility index (Phi) is 3.92. The fourth-order valence-electron chi connectivity index (χ4n) is 2.46. The highest BCUT2D eigenvalue weighted by molar-refractivity contribution is 5.36. The molecule has 104 valence electrons. The van der Waals surface area contributed by atoms with Crippen LogP contribution in [0.2, 0.25) is 0 Å². The van der Waals surface area contributed by atoms with E-state index in [1.165, 1.54) is 5.56 Å². The smallest absolute Gasteiger partial charge is 0.135 e. The zero-order chi connectivity index (χ0) is 13.8. The van der Waals surface area contributed by atoms with Crippen molar-refractivity contribution < 1.29 is 4.74 Å². The van der Waals surface area contributed by atoms with Gasteiger partial charge in [0.2, 0.25) is 0 Å². The first-order valence-corrected chi connectivity index (χ1v) is 7.10. The number of rotatable bonds is 4. The minimum Gasteiger partial charge on any atom is -0.493 e. The molecular formula is C16H19N3O. The van der Waals surface area contributed by atoms with Crippen LogP contribution in [-0.2, 0) is 13.0 Å². The number of para-hydroxylation sites is 1. The van der Waals surface area contributed by atoms with Gasteiger partial charge in [0.1, 0.15) is 11.6 Å². The molecule has 2 heterocycles. The van der Waals surface area contributed by atoms with Gasteiger partial charge < -0.3 is 10.1 Å². The molecule has 1 atom stereocenters. The van der Waals surface area contributed by atoms with Gasteiger partial charge in [-0.05, 0) is 30.7 Å². The van der Waals surface area contributed by atoms with Crippen LogP contribution in [0.3, 0.4) is 0 Å². The van der Waals surface area contributed by atoms with Crippen molar-refractivity contribution in [2.75, 3.05) is 13.2 Å². The lowest BCUT2D eigenvalue weighted by atomic mass is 9.96. The predicted molar refractivity (Wildman–Crippen MR) is 77.8 cm³/mol. The second-order valence-corrected chi connectivity index (χ2v) is 5.01. The maximum absolute atomic E-state index is 5.82. The fourth-order valence-corrected chi connectivity index (χ4v) is 2.46. The monoisotopic (exact) mass is 269 g/mol. The summed E-state index contributed by atoms with van der Waals surface area (Å²) in [6.07, 6.45) is 2.79. The lowest BCUT2D eigenvalue weighted by Gasteiger charge is -2.24. The Balaban J connectivity index is 1.77. The summed E-state index contributed by atoms with van der Waals surface area (Å²) in [6.45, 7) is 4.48. The number of aromatic nitrogens is 2. The third-order valence-corrected chi connectivity index (χ3v) is 3.53. The molecule has 1 unspecified atom stereocenters. The summed E-state index contributed by atoms with van der Waals surface area (Å²) in [4.78, 5) is 9.08. The van der Waals surface area contributed by atoms with Gasteiger partial charge in [-0.2, -0.15) is 0 Å². The lowest BCUT2D eigenvalue weighted by Crippen LogP contribution is -2.22. The van der Waals surface area contributed by atoms with Crippen LogP contribution in [0, 0.1) is 0 Å². The summed E-state index contributed by atoms with van der Waals surface area (Å²) in [7, 11) is 0. The van der Waals surface area contributed by atoms with Gasteiger partial charge in [0.15, 0.2) is 0 Å². The Hall–Kier alpha value is -1.94. The lowest BCUT2D eigenvalue weighted by molar-refractivity contribution is 0.257. The van der Waals surface area contributed by atoms with E-state index < -0.39 is 0 Å². The summed E-state index contributed by atoms with van der Waals surface area (Å²) in [6, 6.07) is 10.2. The molecule has 1 aliphatic heterocycles. The van der Waals surface area contributed by atoms with Crippen molar-refractivity contribution in [3.8, 4) is 5.75 Å². The number of hydrogen-bond donors (Lipinski definition) is 1. The molecule has 0 fully saturated rings. The summed E-state index contributed by atoms with van der Waals surface area (Å²) in [5, 5.41) is 3.29. The summed E-state index contributed by atoms with van der Waals surface area (Å²) in [5.41, 5.74) is 2.28. The number of benzene rings is 1. The standard InChI is InChI=1S/C16H19N3O/c1-2-17-10-14-7-8-18-16(19-14)13-9-12-5-3-4-6-15(12)20-11-13/h3-8,13,17H,2,9-11H2,1H3.